The van der Waals surface area contributed by atoms with Crippen LogP contribution in [0.15, 0.2) is 36.9 Å². The molecule has 0 fully saturated rings. The molecular weight excluding hydrogens is 657 g/mol. The molecule has 0 saturated heterocycles. The number of hydrogen-bond acceptors (Lipinski definition) is 11. The summed E-state index contributed by atoms with van der Waals surface area (Å²) in [5.41, 5.74) is 1.49. The smallest absolute Gasteiger partial charge is 0.340 e. The van der Waals surface area contributed by atoms with Crippen LogP contribution in [-0.4, -0.2) is 75.6 Å². The van der Waals surface area contributed by atoms with Crippen molar-refractivity contribution in [3.8, 4) is 28.7 Å². The Bertz CT molecular complexity index is 1400. The number of amides is 1. The van der Waals surface area contributed by atoms with Gasteiger partial charge in [0.2, 0.25) is 14.2 Å². The van der Waals surface area contributed by atoms with Crippen molar-refractivity contribution in [2.24, 2.45) is 0 Å². The lowest BCUT2D eigenvalue weighted by Crippen LogP contribution is -2.43. The third-order valence-electron chi connectivity index (χ3n) is 7.82. The van der Waals surface area contributed by atoms with Crippen LogP contribution in [0.2, 0.25) is 18.1 Å². The van der Waals surface area contributed by atoms with E-state index in [0.29, 0.717) is 40.5 Å². The number of methoxy groups -OCH3 is 4. The first-order valence-electron chi connectivity index (χ1n) is 15.8. The highest BCUT2D eigenvalue weighted by molar-refractivity contribution is 7.54. The molecule has 48 heavy (non-hydrogen) atoms. The Morgan fingerprint density at radius 1 is 0.917 bits per heavy atom. The Morgan fingerprint density at radius 2 is 1.54 bits per heavy atom. The lowest BCUT2D eigenvalue weighted by atomic mass is 10.0. The molecule has 0 saturated carbocycles. The van der Waals surface area contributed by atoms with Crippen LogP contribution in [0.25, 0.3) is 0 Å². The number of ether oxygens (including phenoxy) is 6. The predicted molar refractivity (Wildman–Crippen MR) is 190 cm³/mol. The molecular formula is C34H54NO11PSi. The molecule has 0 bridgehead atoms. The van der Waals surface area contributed by atoms with E-state index in [1.807, 2.05) is 18.2 Å². The molecule has 1 amide bonds. The molecule has 0 aliphatic rings. The van der Waals surface area contributed by atoms with Gasteiger partial charge in [0.15, 0.2) is 30.8 Å². The first-order valence-corrected chi connectivity index (χ1v) is 20.4. The number of allylic oxidation sites excluding steroid dienone is 1. The number of hydrogen-bond donors (Lipinski definition) is 0. The maximum atomic E-state index is 14.4. The molecule has 0 atom stereocenters. The van der Waals surface area contributed by atoms with Crippen molar-refractivity contribution in [3.05, 3.63) is 48.0 Å². The molecule has 0 aromatic heterocycles. The molecule has 14 heteroatoms. The highest BCUT2D eigenvalue weighted by Crippen LogP contribution is 2.50. The predicted octanol–water partition coefficient (Wildman–Crippen LogP) is 7.58. The molecule has 2 rings (SSSR count). The Morgan fingerprint density at radius 3 is 2.06 bits per heavy atom. The maximum absolute atomic E-state index is 14.4. The third-order valence-corrected chi connectivity index (χ3v) is 14.1. The Balaban J connectivity index is 2.87. The van der Waals surface area contributed by atoms with Gasteiger partial charge in [-0.2, -0.15) is 0 Å². The molecule has 0 N–H and O–H groups in total. The normalized spacial score (nSPS) is 12.0. The minimum absolute atomic E-state index is 0.0180. The van der Waals surface area contributed by atoms with Crippen molar-refractivity contribution in [1.29, 1.82) is 0 Å². The largest absolute Gasteiger partial charge is 0.543 e. The van der Waals surface area contributed by atoms with Crippen LogP contribution in [0.1, 0.15) is 45.7 Å². The SMILES string of the molecule is C=CCc1c(OC)c(OCOC)cc(N(Cc2ccc(O[Si](C)(C)C(C)(C)C)cc2OC)C(=O)CP(=O)(OCC)OCC)c1OCOC. The second-order valence-electron chi connectivity index (χ2n) is 12.2. The van der Waals surface area contributed by atoms with E-state index < -0.39 is 28.0 Å². The van der Waals surface area contributed by atoms with Gasteiger partial charge >= 0.3 is 7.60 Å². The molecule has 0 unspecified atom stereocenters. The number of benzene rings is 2. The minimum Gasteiger partial charge on any atom is -0.543 e. The summed E-state index contributed by atoms with van der Waals surface area (Å²) in [6, 6.07) is 7.13. The average Bonchev–Trinajstić information content (AvgIpc) is 3.01. The van der Waals surface area contributed by atoms with Crippen molar-refractivity contribution in [1.82, 2.24) is 0 Å². The van der Waals surface area contributed by atoms with Crippen molar-refractivity contribution < 1.29 is 51.3 Å². The molecule has 2 aromatic rings. The zero-order valence-electron chi connectivity index (χ0n) is 30.4. The standard InChI is InChI=1S/C34H54NO11PSi/c1-13-16-27-32(43-24-39-8)28(20-30(33(27)41-10)42-23-38-7)35(31(36)22-47(37,44-14-2)45-15-3)21-25-17-18-26(19-29(25)40-9)46-48(11,12)34(4,5)6/h13,17-20H,1,14-16,21-24H2,2-12H3. The molecule has 0 spiro atoms. The monoisotopic (exact) mass is 711 g/mol. The average molecular weight is 712 g/mol. The summed E-state index contributed by atoms with van der Waals surface area (Å²) in [4.78, 5) is 15.8. The van der Waals surface area contributed by atoms with Crippen LogP contribution in [-0.2, 0) is 40.8 Å². The summed E-state index contributed by atoms with van der Waals surface area (Å²) >= 11 is 0. The van der Waals surface area contributed by atoms with Gasteiger partial charge in [-0.1, -0.05) is 26.8 Å². The molecule has 12 nitrogen and oxygen atoms in total. The van der Waals surface area contributed by atoms with Gasteiger partial charge in [-0.3, -0.25) is 9.36 Å². The van der Waals surface area contributed by atoms with E-state index >= 15 is 0 Å². The Kier molecular flexibility index (Phi) is 16.0. The van der Waals surface area contributed by atoms with E-state index in [1.165, 1.54) is 26.2 Å². The molecule has 0 aliphatic carbocycles. The van der Waals surface area contributed by atoms with Gasteiger partial charge in [0.1, 0.15) is 17.7 Å². The van der Waals surface area contributed by atoms with E-state index in [4.69, 9.17) is 41.9 Å². The van der Waals surface area contributed by atoms with Gasteiger partial charge in [0.25, 0.3) is 0 Å². The van der Waals surface area contributed by atoms with E-state index in [9.17, 15) is 9.36 Å². The number of carbonyl (C=O) groups excluding carboxylic acids is 1. The van der Waals surface area contributed by atoms with Gasteiger partial charge in [0.05, 0.1) is 39.7 Å². The zero-order chi connectivity index (χ0) is 36.1. The van der Waals surface area contributed by atoms with E-state index in [1.54, 1.807) is 33.1 Å². The van der Waals surface area contributed by atoms with Crippen LogP contribution in [0.4, 0.5) is 5.69 Å². The first kappa shape index (κ1) is 41.1. The highest BCUT2D eigenvalue weighted by Gasteiger charge is 2.39. The first-order chi connectivity index (χ1) is 22.6. The summed E-state index contributed by atoms with van der Waals surface area (Å²) in [6.45, 7) is 18.0. The number of rotatable bonds is 21. The van der Waals surface area contributed by atoms with E-state index in [0.717, 1.165) is 0 Å². The highest BCUT2D eigenvalue weighted by atomic mass is 31.2. The fraction of sp³-hybridized carbons (Fsp3) is 0.559. The molecule has 0 aliphatic heterocycles. The Hall–Kier alpha value is -3.06. The van der Waals surface area contributed by atoms with Crippen molar-refractivity contribution >= 4 is 27.5 Å². The van der Waals surface area contributed by atoms with Crippen molar-refractivity contribution in [2.75, 3.05) is 66.3 Å². The maximum Gasteiger partial charge on any atom is 0.340 e. The lowest BCUT2D eigenvalue weighted by Gasteiger charge is -2.36. The van der Waals surface area contributed by atoms with Crippen LogP contribution >= 0.6 is 7.60 Å². The van der Waals surface area contributed by atoms with Gasteiger partial charge in [-0.15, -0.1) is 6.58 Å². The summed E-state index contributed by atoms with van der Waals surface area (Å²) in [7, 11) is 0.0607. The quantitative estimate of drug-likeness (QED) is 0.0552. The van der Waals surface area contributed by atoms with E-state index in [-0.39, 0.29) is 49.9 Å². The van der Waals surface area contributed by atoms with Gasteiger partial charge in [0, 0.05) is 37.5 Å². The fourth-order valence-corrected chi connectivity index (χ4v) is 7.11. The second kappa shape index (κ2) is 18.6. The van der Waals surface area contributed by atoms with Gasteiger partial charge in [-0.25, -0.2) is 0 Å². The summed E-state index contributed by atoms with van der Waals surface area (Å²) in [5.74, 6) is 1.54. The number of anilines is 1. The summed E-state index contributed by atoms with van der Waals surface area (Å²) < 4.78 is 65.2. The number of nitrogens with zero attached hydrogens (tertiary/aromatic N) is 1. The van der Waals surface area contributed by atoms with E-state index in [2.05, 4.69) is 40.4 Å². The zero-order valence-corrected chi connectivity index (χ0v) is 32.3. The number of carbonyl (C=O) groups is 1. The van der Waals surface area contributed by atoms with Crippen molar-refractivity contribution in [2.45, 2.75) is 65.7 Å². The summed E-state index contributed by atoms with van der Waals surface area (Å²) in [5, 5.41) is -0.0180. The van der Waals surface area contributed by atoms with Crippen LogP contribution < -0.4 is 28.3 Å². The molecule has 0 heterocycles. The third kappa shape index (κ3) is 10.7. The van der Waals surface area contributed by atoms with Gasteiger partial charge in [-0.05, 0) is 50.5 Å². The van der Waals surface area contributed by atoms with Crippen molar-refractivity contribution in [3.63, 3.8) is 0 Å². The Labute approximate surface area is 287 Å². The molecule has 270 valence electrons. The topological polar surface area (TPSA) is 120 Å². The van der Waals surface area contributed by atoms with Crippen LogP contribution in [0.5, 0.6) is 28.7 Å². The van der Waals surface area contributed by atoms with Crippen LogP contribution in [0, 0.1) is 0 Å². The second-order valence-corrected chi connectivity index (χ2v) is 19.0. The van der Waals surface area contributed by atoms with Crippen LogP contribution in [0.3, 0.4) is 0 Å². The minimum atomic E-state index is -3.82. The lowest BCUT2D eigenvalue weighted by molar-refractivity contribution is -0.116. The van der Waals surface area contributed by atoms with Gasteiger partial charge < -0.3 is 46.8 Å². The molecule has 2 aromatic carbocycles. The fourth-order valence-electron chi connectivity index (χ4n) is 4.54. The molecule has 0 radical (unpaired) electrons. The summed E-state index contributed by atoms with van der Waals surface area (Å²) in [6.07, 6.45) is 1.43.